The van der Waals surface area contributed by atoms with Gasteiger partial charge in [0.05, 0.1) is 16.5 Å². The number of nitrogens with zero attached hydrogens (tertiary/aromatic N) is 3. The maximum atomic E-state index is 13.0. The van der Waals surface area contributed by atoms with E-state index in [1.165, 1.54) is 11.8 Å². The highest BCUT2D eigenvalue weighted by Crippen LogP contribution is 2.31. The second-order valence-electron chi connectivity index (χ2n) is 6.74. The first-order chi connectivity index (χ1) is 14.1. The van der Waals surface area contributed by atoms with Gasteiger partial charge in [-0.2, -0.15) is 0 Å². The molecule has 1 aliphatic heterocycles. The summed E-state index contributed by atoms with van der Waals surface area (Å²) in [5, 5.41) is 12.6. The molecule has 1 atom stereocenters. The van der Waals surface area contributed by atoms with Crippen molar-refractivity contribution in [3.8, 4) is 5.75 Å². The van der Waals surface area contributed by atoms with Gasteiger partial charge < -0.3 is 10.1 Å². The number of Topliss-reactive ketones (excluding diaryl/α,β-unsaturated/α-hetero) is 1. The molecule has 0 fully saturated rings. The lowest BCUT2D eigenvalue weighted by Crippen LogP contribution is -2.25. The standard InChI is InChI=1S/C21H16N4O3S/c1-12(20(27)14-6-8-17-15(10-14)22-19(26)11-28-17)29-21-24-23-18-9-7-13-4-2-3-5-16(13)25(18)21/h2-10,12H,11H2,1H3,(H,22,26). The lowest BCUT2D eigenvalue weighted by Gasteiger charge is -2.19. The normalized spacial score (nSPS) is 14.3. The summed E-state index contributed by atoms with van der Waals surface area (Å²) in [7, 11) is 0. The first kappa shape index (κ1) is 17.7. The van der Waals surface area contributed by atoms with Gasteiger partial charge in [-0.15, -0.1) is 10.2 Å². The molecule has 2 aromatic heterocycles. The topological polar surface area (TPSA) is 85.6 Å². The Morgan fingerprint density at radius 3 is 2.93 bits per heavy atom. The van der Waals surface area contributed by atoms with Gasteiger partial charge >= 0.3 is 0 Å². The van der Waals surface area contributed by atoms with E-state index < -0.39 is 0 Å². The fraction of sp³-hybridized carbons (Fsp3) is 0.143. The molecule has 144 valence electrons. The minimum Gasteiger partial charge on any atom is -0.482 e. The molecular weight excluding hydrogens is 388 g/mol. The van der Waals surface area contributed by atoms with Crippen LogP contribution in [0.25, 0.3) is 16.6 Å². The number of carbonyl (C=O) groups excluding carboxylic acids is 2. The molecule has 8 heteroatoms. The maximum Gasteiger partial charge on any atom is 0.262 e. The van der Waals surface area contributed by atoms with Gasteiger partial charge in [-0.3, -0.25) is 14.0 Å². The van der Waals surface area contributed by atoms with Crippen molar-refractivity contribution in [3.05, 3.63) is 60.2 Å². The Bertz CT molecular complexity index is 1280. The van der Waals surface area contributed by atoms with Crippen LogP contribution in [0.4, 0.5) is 5.69 Å². The van der Waals surface area contributed by atoms with E-state index in [1.54, 1.807) is 18.2 Å². The number of aromatic nitrogens is 3. The predicted octanol–water partition coefficient (Wildman–Crippen LogP) is 3.58. The van der Waals surface area contributed by atoms with Gasteiger partial charge in [-0.05, 0) is 48.7 Å². The largest absolute Gasteiger partial charge is 0.482 e. The summed E-state index contributed by atoms with van der Waals surface area (Å²) in [5.41, 5.74) is 2.75. The number of carbonyl (C=O) groups is 2. The Kier molecular flexibility index (Phi) is 4.21. The number of nitrogens with one attached hydrogen (secondary N) is 1. The van der Waals surface area contributed by atoms with Crippen LogP contribution in [0.2, 0.25) is 0 Å². The number of rotatable bonds is 4. The molecule has 1 amide bonds. The molecule has 29 heavy (non-hydrogen) atoms. The van der Waals surface area contributed by atoms with E-state index in [2.05, 4.69) is 15.5 Å². The Labute approximate surface area is 170 Å². The van der Waals surface area contributed by atoms with Crippen LogP contribution in [0.5, 0.6) is 5.75 Å². The van der Waals surface area contributed by atoms with Crippen LogP contribution in [0.3, 0.4) is 0 Å². The summed E-state index contributed by atoms with van der Waals surface area (Å²) in [6, 6.07) is 17.0. The summed E-state index contributed by atoms with van der Waals surface area (Å²) in [5.74, 6) is 0.275. The zero-order chi connectivity index (χ0) is 20.0. The van der Waals surface area contributed by atoms with E-state index in [-0.39, 0.29) is 23.5 Å². The van der Waals surface area contributed by atoms with E-state index in [0.717, 1.165) is 16.6 Å². The van der Waals surface area contributed by atoms with Crippen molar-refractivity contribution in [2.45, 2.75) is 17.3 Å². The Hall–Kier alpha value is -3.39. The number of pyridine rings is 1. The maximum absolute atomic E-state index is 13.0. The third kappa shape index (κ3) is 3.11. The van der Waals surface area contributed by atoms with Gasteiger partial charge in [0, 0.05) is 5.56 Å². The lowest BCUT2D eigenvalue weighted by atomic mass is 10.1. The predicted molar refractivity (Wildman–Crippen MR) is 111 cm³/mol. The number of ether oxygens (including phenoxy) is 1. The van der Waals surface area contributed by atoms with E-state index in [4.69, 9.17) is 4.74 Å². The van der Waals surface area contributed by atoms with E-state index in [9.17, 15) is 9.59 Å². The summed E-state index contributed by atoms with van der Waals surface area (Å²) in [6.45, 7) is 1.83. The molecule has 2 aromatic carbocycles. The zero-order valence-corrected chi connectivity index (χ0v) is 16.3. The van der Waals surface area contributed by atoms with Crippen molar-refractivity contribution in [3.63, 3.8) is 0 Å². The number of amides is 1. The summed E-state index contributed by atoms with van der Waals surface area (Å²) in [6.07, 6.45) is 0. The molecule has 0 aliphatic carbocycles. The number of benzene rings is 2. The van der Waals surface area contributed by atoms with Gasteiger partial charge in [0.1, 0.15) is 5.75 Å². The van der Waals surface area contributed by atoms with Crippen molar-refractivity contribution in [2.75, 3.05) is 11.9 Å². The summed E-state index contributed by atoms with van der Waals surface area (Å²) >= 11 is 1.36. The Morgan fingerprint density at radius 2 is 2.03 bits per heavy atom. The summed E-state index contributed by atoms with van der Waals surface area (Å²) in [4.78, 5) is 24.5. The molecule has 1 N–H and O–H groups in total. The average Bonchev–Trinajstić information content (AvgIpc) is 3.15. The highest BCUT2D eigenvalue weighted by atomic mass is 32.2. The number of thioether (sulfide) groups is 1. The fourth-order valence-electron chi connectivity index (χ4n) is 3.37. The molecule has 3 heterocycles. The smallest absolute Gasteiger partial charge is 0.262 e. The number of fused-ring (bicyclic) bond motifs is 4. The molecule has 0 radical (unpaired) electrons. The minimum atomic E-state index is -0.389. The zero-order valence-electron chi connectivity index (χ0n) is 15.5. The van der Waals surface area contributed by atoms with E-state index >= 15 is 0 Å². The van der Waals surface area contributed by atoms with Crippen LogP contribution in [0.15, 0.2) is 59.8 Å². The fourth-order valence-corrected chi connectivity index (χ4v) is 4.32. The monoisotopic (exact) mass is 404 g/mol. The van der Waals surface area contributed by atoms with Crippen LogP contribution in [-0.4, -0.2) is 38.1 Å². The molecule has 0 saturated carbocycles. The van der Waals surface area contributed by atoms with Gasteiger partial charge in [0.2, 0.25) is 0 Å². The third-order valence-electron chi connectivity index (χ3n) is 4.80. The van der Waals surface area contributed by atoms with Gasteiger partial charge in [0.25, 0.3) is 5.91 Å². The minimum absolute atomic E-state index is 0.0134. The molecule has 4 aromatic rings. The molecule has 7 nitrogen and oxygen atoms in total. The third-order valence-corrected chi connectivity index (χ3v) is 5.84. The Balaban J connectivity index is 1.45. The summed E-state index contributed by atoms with van der Waals surface area (Å²) < 4.78 is 7.32. The number of hydrogen-bond acceptors (Lipinski definition) is 6. The molecule has 0 spiro atoms. The molecule has 1 unspecified atom stereocenters. The van der Waals surface area contributed by atoms with Gasteiger partial charge in [-0.1, -0.05) is 30.0 Å². The van der Waals surface area contributed by atoms with Crippen molar-refractivity contribution in [1.29, 1.82) is 0 Å². The van der Waals surface area contributed by atoms with Crippen LogP contribution in [0, 0.1) is 0 Å². The van der Waals surface area contributed by atoms with Crippen LogP contribution >= 0.6 is 11.8 Å². The first-order valence-electron chi connectivity index (χ1n) is 9.10. The highest BCUT2D eigenvalue weighted by Gasteiger charge is 2.23. The number of ketones is 1. The molecule has 1 aliphatic rings. The molecule has 0 saturated heterocycles. The highest BCUT2D eigenvalue weighted by molar-refractivity contribution is 8.00. The van der Waals surface area contributed by atoms with Crippen molar-refractivity contribution in [2.24, 2.45) is 0 Å². The average molecular weight is 404 g/mol. The second kappa shape index (κ2) is 6.89. The number of hydrogen-bond donors (Lipinski definition) is 1. The molecule has 5 rings (SSSR count). The SMILES string of the molecule is CC(Sc1nnc2ccc3ccccc3n12)C(=O)c1ccc2c(c1)NC(=O)CO2. The second-order valence-corrected chi connectivity index (χ2v) is 8.05. The van der Waals surface area contributed by atoms with Crippen LogP contribution in [0.1, 0.15) is 17.3 Å². The van der Waals surface area contributed by atoms with Crippen LogP contribution in [-0.2, 0) is 4.79 Å². The lowest BCUT2D eigenvalue weighted by molar-refractivity contribution is -0.118. The van der Waals surface area contributed by atoms with Gasteiger partial charge in [-0.25, -0.2) is 0 Å². The van der Waals surface area contributed by atoms with Crippen LogP contribution < -0.4 is 10.1 Å². The quantitative estimate of drug-likeness (QED) is 0.413. The van der Waals surface area contributed by atoms with Crippen molar-refractivity contribution >= 4 is 45.7 Å². The van der Waals surface area contributed by atoms with E-state index in [1.807, 2.05) is 47.7 Å². The van der Waals surface area contributed by atoms with Crippen molar-refractivity contribution < 1.29 is 14.3 Å². The molecular formula is C21H16N4O3S. The number of para-hydroxylation sites is 1. The number of anilines is 1. The first-order valence-corrected chi connectivity index (χ1v) is 9.98. The van der Waals surface area contributed by atoms with E-state index in [0.29, 0.717) is 22.2 Å². The molecule has 0 bridgehead atoms. The Morgan fingerprint density at radius 1 is 1.17 bits per heavy atom. The van der Waals surface area contributed by atoms with Gasteiger partial charge in [0.15, 0.2) is 23.2 Å². The van der Waals surface area contributed by atoms with Crippen molar-refractivity contribution in [1.82, 2.24) is 14.6 Å².